The summed E-state index contributed by atoms with van der Waals surface area (Å²) in [5.41, 5.74) is 3.10. The first-order valence-corrected chi connectivity index (χ1v) is 4.10. The van der Waals surface area contributed by atoms with Crippen molar-refractivity contribution in [2.75, 3.05) is 5.75 Å². The van der Waals surface area contributed by atoms with E-state index >= 15 is 0 Å². The Labute approximate surface area is 61.1 Å². The van der Waals surface area contributed by atoms with E-state index in [0.29, 0.717) is 0 Å². The molecule has 2 N–H and O–H groups in total. The predicted octanol–water partition coefficient (Wildman–Crippen LogP) is 0.894. The molecule has 42 valence electrons. The molecule has 1 heterocycles. The van der Waals surface area contributed by atoms with Crippen molar-refractivity contribution < 1.29 is 0 Å². The molecule has 1 saturated heterocycles. The van der Waals surface area contributed by atoms with Crippen LogP contribution in [0.15, 0.2) is 0 Å². The van der Waals surface area contributed by atoms with Gasteiger partial charge in [0.15, 0.2) is 0 Å². The fourth-order valence-corrected chi connectivity index (χ4v) is 1.85. The minimum Gasteiger partial charge on any atom is -0.231 e. The van der Waals surface area contributed by atoms with Gasteiger partial charge in [-0.05, 0) is 6.92 Å². The Morgan fingerprint density at radius 1 is 1.86 bits per heavy atom. The summed E-state index contributed by atoms with van der Waals surface area (Å²) >= 11 is 4.08. The highest BCUT2D eigenvalue weighted by Gasteiger charge is 2.23. The zero-order chi connectivity index (χ0) is 5.33. The number of halogens is 1. The average molecular weight is 230 g/mol. The van der Waals surface area contributed by atoms with Crippen molar-refractivity contribution in [1.82, 2.24) is 10.3 Å². The number of rotatable bonds is 0. The zero-order valence-electron chi connectivity index (χ0n) is 3.99. The summed E-state index contributed by atoms with van der Waals surface area (Å²) < 4.78 is 0.266. The number of hydrogen-bond donors (Lipinski definition) is 2. The molecule has 0 radical (unpaired) electrons. The highest BCUT2D eigenvalue weighted by atomic mass is 127. The van der Waals surface area contributed by atoms with Gasteiger partial charge in [0.2, 0.25) is 0 Å². The summed E-state index contributed by atoms with van der Waals surface area (Å²) in [7, 11) is 0. The van der Waals surface area contributed by atoms with Gasteiger partial charge in [-0.15, -0.1) is 0 Å². The van der Waals surface area contributed by atoms with Crippen LogP contribution < -0.4 is 10.3 Å². The Balaban J connectivity index is 2.40. The molecule has 1 atom stereocenters. The molecule has 7 heavy (non-hydrogen) atoms. The van der Waals surface area contributed by atoms with Crippen molar-refractivity contribution >= 4 is 34.5 Å². The second-order valence-corrected chi connectivity index (χ2v) is 4.88. The summed E-state index contributed by atoms with van der Waals surface area (Å²) in [4.78, 5) is 2.97. The Kier molecular flexibility index (Phi) is 1.82. The van der Waals surface area contributed by atoms with E-state index in [4.69, 9.17) is 0 Å². The number of alkyl halides is 1. The maximum atomic E-state index is 3.10. The first-order chi connectivity index (χ1) is 3.21. The third-order valence-electron chi connectivity index (χ3n) is 0.727. The molecule has 1 unspecified atom stereocenters. The highest BCUT2D eigenvalue weighted by Crippen LogP contribution is 2.22. The lowest BCUT2D eigenvalue weighted by Gasteiger charge is -2.10. The van der Waals surface area contributed by atoms with E-state index in [1.165, 1.54) is 0 Å². The molecule has 0 saturated carbocycles. The van der Waals surface area contributed by atoms with Crippen molar-refractivity contribution in [3.05, 3.63) is 0 Å². The van der Waals surface area contributed by atoms with E-state index in [2.05, 4.69) is 39.8 Å². The molecule has 2 nitrogen and oxygen atoms in total. The Hall–Kier alpha value is 1.00. The summed E-state index contributed by atoms with van der Waals surface area (Å²) in [5.74, 6) is 1.13. The van der Waals surface area contributed by atoms with E-state index in [0.717, 1.165) is 5.75 Å². The van der Waals surface area contributed by atoms with E-state index in [9.17, 15) is 0 Å². The molecule has 1 rings (SSSR count). The van der Waals surface area contributed by atoms with Crippen LogP contribution >= 0.6 is 34.5 Å². The minimum absolute atomic E-state index is 0.266. The molecule has 0 aromatic heterocycles. The molecule has 0 aliphatic carbocycles. The molecule has 1 aliphatic rings. The number of hydrogen-bond acceptors (Lipinski definition) is 3. The maximum Gasteiger partial charge on any atom is 0.0917 e. The van der Waals surface area contributed by atoms with Crippen LogP contribution in [-0.4, -0.2) is 9.30 Å². The van der Waals surface area contributed by atoms with Crippen LogP contribution in [0, 0.1) is 0 Å². The standard InChI is InChI=1S/C3H7IN2S/c1-3(4)2-7-6-5-3/h5-6H,2H2,1H3. The molecule has 0 aromatic rings. The van der Waals surface area contributed by atoms with E-state index < -0.39 is 0 Å². The summed E-state index contributed by atoms with van der Waals surface area (Å²) in [6.45, 7) is 2.15. The van der Waals surface area contributed by atoms with Gasteiger partial charge in [0.1, 0.15) is 0 Å². The monoisotopic (exact) mass is 230 g/mol. The second-order valence-electron chi connectivity index (χ2n) is 1.71. The highest BCUT2D eigenvalue weighted by molar-refractivity contribution is 14.1. The largest absolute Gasteiger partial charge is 0.231 e. The zero-order valence-corrected chi connectivity index (χ0v) is 6.97. The van der Waals surface area contributed by atoms with Gasteiger partial charge in [0.25, 0.3) is 0 Å². The topological polar surface area (TPSA) is 24.1 Å². The van der Waals surface area contributed by atoms with Crippen molar-refractivity contribution in [3.63, 3.8) is 0 Å². The molecular formula is C3H7IN2S. The molecule has 4 heteroatoms. The van der Waals surface area contributed by atoms with Crippen LogP contribution in [-0.2, 0) is 0 Å². The van der Waals surface area contributed by atoms with Gasteiger partial charge in [-0.25, -0.2) is 5.43 Å². The van der Waals surface area contributed by atoms with E-state index in [1.54, 1.807) is 11.9 Å². The number of hydrazine groups is 1. The van der Waals surface area contributed by atoms with Crippen LogP contribution in [0.4, 0.5) is 0 Å². The van der Waals surface area contributed by atoms with Crippen molar-refractivity contribution in [3.8, 4) is 0 Å². The third-order valence-corrected chi connectivity index (χ3v) is 2.86. The van der Waals surface area contributed by atoms with Crippen molar-refractivity contribution in [2.45, 2.75) is 10.5 Å². The summed E-state index contributed by atoms with van der Waals surface area (Å²) in [6.07, 6.45) is 0. The quantitative estimate of drug-likeness (QED) is 0.280. The fraction of sp³-hybridized carbons (Fsp3) is 1.00. The molecular weight excluding hydrogens is 223 g/mol. The molecule has 0 amide bonds. The molecule has 0 bridgehead atoms. The molecule has 0 aromatic carbocycles. The number of nitrogens with one attached hydrogen (secondary N) is 2. The van der Waals surface area contributed by atoms with Crippen LogP contribution in [0.1, 0.15) is 6.92 Å². The fourth-order valence-electron chi connectivity index (χ4n) is 0.350. The summed E-state index contributed by atoms with van der Waals surface area (Å²) in [6, 6.07) is 0. The van der Waals surface area contributed by atoms with Crippen molar-refractivity contribution in [1.29, 1.82) is 0 Å². The lowest BCUT2D eigenvalue weighted by atomic mass is 10.4. The lowest BCUT2D eigenvalue weighted by Crippen LogP contribution is -2.35. The summed E-state index contributed by atoms with van der Waals surface area (Å²) in [5, 5.41) is 0. The van der Waals surface area contributed by atoms with Gasteiger partial charge in [-0.3, -0.25) is 0 Å². The van der Waals surface area contributed by atoms with Crippen LogP contribution in [0.2, 0.25) is 0 Å². The van der Waals surface area contributed by atoms with Gasteiger partial charge in [-0.2, -0.15) is 4.83 Å². The van der Waals surface area contributed by atoms with Gasteiger partial charge < -0.3 is 0 Å². The smallest absolute Gasteiger partial charge is 0.0917 e. The Bertz CT molecular complexity index is 67.3. The predicted molar refractivity (Wildman–Crippen MR) is 41.2 cm³/mol. The van der Waals surface area contributed by atoms with Crippen LogP contribution in [0.3, 0.4) is 0 Å². The maximum absolute atomic E-state index is 3.10. The van der Waals surface area contributed by atoms with Gasteiger partial charge in [-0.1, -0.05) is 34.5 Å². The Morgan fingerprint density at radius 3 is 2.71 bits per heavy atom. The lowest BCUT2D eigenvalue weighted by molar-refractivity contribution is 0.598. The van der Waals surface area contributed by atoms with Crippen LogP contribution in [0.5, 0.6) is 0 Å². The average Bonchev–Trinajstić information content (AvgIpc) is 1.84. The third kappa shape index (κ3) is 1.75. The van der Waals surface area contributed by atoms with E-state index in [1.807, 2.05) is 0 Å². The van der Waals surface area contributed by atoms with Gasteiger partial charge in [0.05, 0.1) is 3.55 Å². The van der Waals surface area contributed by atoms with Crippen molar-refractivity contribution in [2.24, 2.45) is 0 Å². The minimum atomic E-state index is 0.266. The first kappa shape index (κ1) is 6.12. The van der Waals surface area contributed by atoms with Gasteiger partial charge >= 0.3 is 0 Å². The molecule has 1 aliphatic heterocycles. The van der Waals surface area contributed by atoms with E-state index in [-0.39, 0.29) is 3.55 Å². The normalized spacial score (nSPS) is 42.0. The molecule has 1 fully saturated rings. The molecule has 0 spiro atoms. The Morgan fingerprint density at radius 2 is 2.57 bits per heavy atom. The first-order valence-electron chi connectivity index (χ1n) is 2.04. The van der Waals surface area contributed by atoms with Gasteiger partial charge in [0, 0.05) is 5.75 Å². The SMILES string of the molecule is CC1(I)CSNN1. The second kappa shape index (κ2) is 2.08. The van der Waals surface area contributed by atoms with Crippen LogP contribution in [0.25, 0.3) is 0 Å².